The molecule has 0 saturated heterocycles. The summed E-state index contributed by atoms with van der Waals surface area (Å²) < 4.78 is 16.6. The van der Waals surface area contributed by atoms with E-state index in [4.69, 9.17) is 14.2 Å². The highest BCUT2D eigenvalue weighted by atomic mass is 32.1. The van der Waals surface area contributed by atoms with E-state index in [0.29, 0.717) is 19.4 Å². The quantitative estimate of drug-likeness (QED) is 0.766. The number of methoxy groups -OCH3 is 2. The zero-order valence-electron chi connectivity index (χ0n) is 11.9. The van der Waals surface area contributed by atoms with Crippen LogP contribution in [0.15, 0.2) is 18.2 Å². The summed E-state index contributed by atoms with van der Waals surface area (Å²) >= 11 is 1.66. The largest absolute Gasteiger partial charge is 0.493 e. The molecule has 4 nitrogen and oxygen atoms in total. The van der Waals surface area contributed by atoms with Crippen LogP contribution in [0.5, 0.6) is 11.5 Å². The zero-order chi connectivity index (χ0) is 14.5. The molecule has 108 valence electrons. The van der Waals surface area contributed by atoms with Crippen molar-refractivity contribution in [3.63, 3.8) is 0 Å². The van der Waals surface area contributed by atoms with Gasteiger partial charge in [-0.15, -0.1) is 11.3 Å². The number of hydrogen-bond acceptors (Lipinski definition) is 5. The predicted molar refractivity (Wildman–Crippen MR) is 79.9 cm³/mol. The van der Waals surface area contributed by atoms with E-state index >= 15 is 0 Å². The Kier molecular flexibility index (Phi) is 4.84. The number of aryl methyl sites for hydroxylation is 1. The molecule has 1 aromatic carbocycles. The summed E-state index contributed by atoms with van der Waals surface area (Å²) in [6.07, 6.45) is 1.11. The normalized spacial score (nSPS) is 10.6. The molecule has 0 spiro atoms. The monoisotopic (exact) mass is 294 g/mol. The lowest BCUT2D eigenvalue weighted by Crippen LogP contribution is -2.04. The van der Waals surface area contributed by atoms with Crippen molar-refractivity contribution in [2.45, 2.75) is 19.8 Å². The first-order valence-electron chi connectivity index (χ1n) is 6.48. The number of ether oxygens (including phenoxy) is 3. The van der Waals surface area contributed by atoms with Gasteiger partial charge < -0.3 is 14.2 Å². The van der Waals surface area contributed by atoms with Crippen LogP contribution in [0.3, 0.4) is 0 Å². The number of thiophene rings is 1. The minimum atomic E-state index is -0.153. The molecule has 2 aromatic rings. The highest BCUT2D eigenvalue weighted by Gasteiger charge is 2.10. The molecule has 1 heterocycles. The highest BCUT2D eigenvalue weighted by Crippen LogP contribution is 2.36. The third-order valence-electron chi connectivity index (χ3n) is 2.95. The van der Waals surface area contributed by atoms with E-state index in [1.807, 2.05) is 19.1 Å². The van der Waals surface area contributed by atoms with Crippen LogP contribution in [-0.2, 0) is 16.0 Å². The summed E-state index contributed by atoms with van der Waals surface area (Å²) in [6, 6.07) is 6.01. The van der Waals surface area contributed by atoms with Crippen LogP contribution in [0, 0.1) is 0 Å². The first kappa shape index (κ1) is 14.7. The van der Waals surface area contributed by atoms with Crippen molar-refractivity contribution in [3.8, 4) is 11.5 Å². The van der Waals surface area contributed by atoms with E-state index in [1.165, 1.54) is 0 Å². The van der Waals surface area contributed by atoms with Crippen molar-refractivity contribution in [1.82, 2.24) is 0 Å². The fourth-order valence-corrected chi connectivity index (χ4v) is 3.08. The number of carbonyl (C=O) groups excluding carboxylic acids is 1. The van der Waals surface area contributed by atoms with Crippen molar-refractivity contribution in [1.29, 1.82) is 0 Å². The average Bonchev–Trinajstić information content (AvgIpc) is 2.85. The van der Waals surface area contributed by atoms with E-state index in [2.05, 4.69) is 6.07 Å². The minimum Gasteiger partial charge on any atom is -0.493 e. The van der Waals surface area contributed by atoms with Gasteiger partial charge in [0.25, 0.3) is 0 Å². The number of carbonyl (C=O) groups is 1. The zero-order valence-corrected chi connectivity index (χ0v) is 12.7. The van der Waals surface area contributed by atoms with Crippen LogP contribution < -0.4 is 9.47 Å². The molecule has 0 amide bonds. The maximum absolute atomic E-state index is 11.4. The fourth-order valence-electron chi connectivity index (χ4n) is 2.00. The SMILES string of the molecule is CCOC(=O)CCc1cc2cc(OC)c(OC)cc2s1. The number of benzene rings is 1. The molecule has 20 heavy (non-hydrogen) atoms. The summed E-state index contributed by atoms with van der Waals surface area (Å²) in [5.74, 6) is 1.29. The van der Waals surface area contributed by atoms with Crippen LogP contribution in [0.25, 0.3) is 10.1 Å². The average molecular weight is 294 g/mol. The molecule has 0 aliphatic carbocycles. The van der Waals surface area contributed by atoms with Gasteiger partial charge in [0.1, 0.15) is 0 Å². The molecule has 0 radical (unpaired) electrons. The third-order valence-corrected chi connectivity index (χ3v) is 4.11. The van der Waals surface area contributed by atoms with E-state index in [1.54, 1.807) is 25.6 Å². The predicted octanol–water partition coefficient (Wildman–Crippen LogP) is 3.41. The van der Waals surface area contributed by atoms with Gasteiger partial charge in [-0.2, -0.15) is 0 Å². The second-order valence-corrected chi connectivity index (χ2v) is 5.43. The van der Waals surface area contributed by atoms with Crippen LogP contribution in [-0.4, -0.2) is 26.8 Å². The summed E-state index contributed by atoms with van der Waals surface area (Å²) in [5.41, 5.74) is 0. The summed E-state index contributed by atoms with van der Waals surface area (Å²) in [7, 11) is 3.25. The molecule has 0 N–H and O–H groups in total. The molecular weight excluding hydrogens is 276 g/mol. The van der Waals surface area contributed by atoms with Gasteiger partial charge in [-0.1, -0.05) is 0 Å². The van der Waals surface area contributed by atoms with Crippen molar-refractivity contribution < 1.29 is 19.0 Å². The Labute approximate surface area is 122 Å². The lowest BCUT2D eigenvalue weighted by atomic mass is 10.2. The molecule has 0 bridgehead atoms. The number of rotatable bonds is 6. The smallest absolute Gasteiger partial charge is 0.306 e. The van der Waals surface area contributed by atoms with Crippen molar-refractivity contribution in [3.05, 3.63) is 23.1 Å². The van der Waals surface area contributed by atoms with Crippen LogP contribution in [0.1, 0.15) is 18.2 Å². The molecule has 0 fully saturated rings. The molecule has 1 aromatic heterocycles. The molecule has 0 atom stereocenters. The van der Waals surface area contributed by atoms with Gasteiger partial charge in [0.05, 0.1) is 27.2 Å². The molecule has 2 rings (SSSR count). The molecule has 0 aliphatic heterocycles. The first-order chi connectivity index (χ1) is 9.67. The molecule has 5 heteroatoms. The van der Waals surface area contributed by atoms with Gasteiger partial charge >= 0.3 is 5.97 Å². The highest BCUT2D eigenvalue weighted by molar-refractivity contribution is 7.19. The second kappa shape index (κ2) is 6.61. The molecule has 0 unspecified atom stereocenters. The maximum atomic E-state index is 11.4. The standard InChI is InChI=1S/C15H18O4S/c1-4-19-15(16)6-5-11-7-10-8-12(17-2)13(18-3)9-14(10)20-11/h7-9H,4-6H2,1-3H3. The summed E-state index contributed by atoms with van der Waals surface area (Å²) in [6.45, 7) is 2.25. The Hall–Kier alpha value is -1.75. The van der Waals surface area contributed by atoms with Crippen molar-refractivity contribution >= 4 is 27.4 Å². The summed E-state index contributed by atoms with van der Waals surface area (Å²) in [4.78, 5) is 12.5. The van der Waals surface area contributed by atoms with Gasteiger partial charge in [0.15, 0.2) is 11.5 Å². The summed E-state index contributed by atoms with van der Waals surface area (Å²) in [5, 5.41) is 1.10. The Bertz CT molecular complexity index is 562. The Morgan fingerprint density at radius 3 is 2.50 bits per heavy atom. The van der Waals surface area contributed by atoms with E-state index in [9.17, 15) is 4.79 Å². The third kappa shape index (κ3) is 3.22. The number of hydrogen-bond donors (Lipinski definition) is 0. The topological polar surface area (TPSA) is 44.8 Å². The Morgan fingerprint density at radius 1 is 1.15 bits per heavy atom. The van der Waals surface area contributed by atoms with Crippen molar-refractivity contribution in [2.24, 2.45) is 0 Å². The lowest BCUT2D eigenvalue weighted by molar-refractivity contribution is -0.143. The van der Waals surface area contributed by atoms with Gasteiger partial charge in [-0.05, 0) is 30.9 Å². The van der Waals surface area contributed by atoms with Crippen LogP contribution in [0.4, 0.5) is 0 Å². The molecule has 0 saturated carbocycles. The van der Waals surface area contributed by atoms with E-state index < -0.39 is 0 Å². The second-order valence-electron chi connectivity index (χ2n) is 4.26. The van der Waals surface area contributed by atoms with Crippen LogP contribution >= 0.6 is 11.3 Å². The maximum Gasteiger partial charge on any atom is 0.306 e. The number of fused-ring (bicyclic) bond motifs is 1. The van der Waals surface area contributed by atoms with Gasteiger partial charge in [0.2, 0.25) is 0 Å². The molecule has 0 aliphatic rings. The van der Waals surface area contributed by atoms with Gasteiger partial charge in [-0.3, -0.25) is 4.79 Å². The Morgan fingerprint density at radius 2 is 1.85 bits per heavy atom. The Balaban J connectivity index is 2.18. The van der Waals surface area contributed by atoms with Crippen LogP contribution in [0.2, 0.25) is 0 Å². The molecular formula is C15H18O4S. The fraction of sp³-hybridized carbons (Fsp3) is 0.400. The lowest BCUT2D eigenvalue weighted by Gasteiger charge is -2.06. The first-order valence-corrected chi connectivity index (χ1v) is 7.29. The van der Waals surface area contributed by atoms with Crippen molar-refractivity contribution in [2.75, 3.05) is 20.8 Å². The van der Waals surface area contributed by atoms with Gasteiger partial charge in [0, 0.05) is 15.6 Å². The number of esters is 1. The minimum absolute atomic E-state index is 0.153. The van der Waals surface area contributed by atoms with E-state index in [-0.39, 0.29) is 5.97 Å². The van der Waals surface area contributed by atoms with E-state index in [0.717, 1.165) is 26.5 Å². The van der Waals surface area contributed by atoms with Gasteiger partial charge in [-0.25, -0.2) is 0 Å².